The van der Waals surface area contributed by atoms with Crippen molar-refractivity contribution in [2.75, 3.05) is 17.7 Å². The van der Waals surface area contributed by atoms with Gasteiger partial charge in [-0.15, -0.1) is 0 Å². The number of nitrogens with zero attached hydrogens (tertiary/aromatic N) is 2. The van der Waals surface area contributed by atoms with Crippen molar-refractivity contribution in [2.24, 2.45) is 0 Å². The van der Waals surface area contributed by atoms with Crippen molar-refractivity contribution in [3.05, 3.63) is 24.0 Å². The second-order valence-corrected chi connectivity index (χ2v) is 13.3. The molecule has 0 radical (unpaired) electrons. The largest absolute Gasteiger partial charge is 0.416 e. The molecule has 0 aliphatic carbocycles. The zero-order chi connectivity index (χ0) is 18.8. The Morgan fingerprint density at radius 3 is 2.52 bits per heavy atom. The van der Waals surface area contributed by atoms with Gasteiger partial charge in [0.15, 0.2) is 8.32 Å². The molecule has 2 heterocycles. The molecule has 5 nitrogen and oxygen atoms in total. The van der Waals surface area contributed by atoms with E-state index in [9.17, 15) is 0 Å². The maximum Gasteiger partial charge on any atom is 0.191 e. The minimum absolute atomic E-state index is 0.218. The number of fused-ring (bicyclic) bond motifs is 1. The molecule has 2 rings (SSSR count). The van der Waals surface area contributed by atoms with Crippen LogP contribution in [0.4, 0.5) is 11.6 Å². The van der Waals surface area contributed by atoms with E-state index in [1.807, 2.05) is 12.3 Å². The number of aromatic nitrogens is 2. The lowest BCUT2D eigenvalue weighted by atomic mass is 10.1. The van der Waals surface area contributed by atoms with Crippen LogP contribution >= 0.6 is 0 Å². The van der Waals surface area contributed by atoms with Gasteiger partial charge in [0, 0.05) is 41.7 Å². The monoisotopic (exact) mass is 360 g/mol. The van der Waals surface area contributed by atoms with Crippen molar-refractivity contribution in [3.63, 3.8) is 0 Å². The zero-order valence-electron chi connectivity index (χ0n) is 16.6. The summed E-state index contributed by atoms with van der Waals surface area (Å²) in [5.41, 5.74) is 6.86. The number of nitrogens with one attached hydrogen (secondary N) is 1. The molecule has 0 fully saturated rings. The van der Waals surface area contributed by atoms with Crippen molar-refractivity contribution < 1.29 is 4.43 Å². The number of rotatable bonds is 6. The molecule has 2 aromatic rings. The van der Waals surface area contributed by atoms with E-state index in [0.717, 1.165) is 28.7 Å². The summed E-state index contributed by atoms with van der Waals surface area (Å²) in [6.45, 7) is 16.2. The first-order valence-electron chi connectivity index (χ1n) is 8.95. The van der Waals surface area contributed by atoms with E-state index in [1.54, 1.807) is 0 Å². The molecule has 25 heavy (non-hydrogen) atoms. The SMILES string of the molecule is CC(C)Nc1nc(CCO[Si](C)(C)C(C)(C)C)cc2cnc(N)cc12. The fourth-order valence-electron chi connectivity index (χ4n) is 2.36. The maximum atomic E-state index is 6.29. The minimum atomic E-state index is -1.73. The van der Waals surface area contributed by atoms with Gasteiger partial charge in [-0.3, -0.25) is 0 Å². The van der Waals surface area contributed by atoms with Gasteiger partial charge in [-0.2, -0.15) is 0 Å². The molecule has 2 aromatic heterocycles. The Hall–Kier alpha value is -1.66. The number of hydrogen-bond acceptors (Lipinski definition) is 5. The fourth-order valence-corrected chi connectivity index (χ4v) is 3.40. The molecule has 0 amide bonds. The van der Waals surface area contributed by atoms with Crippen molar-refractivity contribution in [3.8, 4) is 0 Å². The lowest BCUT2D eigenvalue weighted by molar-refractivity contribution is 0.291. The van der Waals surface area contributed by atoms with E-state index in [4.69, 9.17) is 15.1 Å². The van der Waals surface area contributed by atoms with Gasteiger partial charge in [-0.25, -0.2) is 9.97 Å². The van der Waals surface area contributed by atoms with Crippen molar-refractivity contribution in [1.82, 2.24) is 9.97 Å². The summed E-state index contributed by atoms with van der Waals surface area (Å²) in [5, 5.41) is 5.70. The Kier molecular flexibility index (Phi) is 5.74. The zero-order valence-corrected chi connectivity index (χ0v) is 17.6. The Morgan fingerprint density at radius 2 is 1.92 bits per heavy atom. The molecule has 0 aromatic carbocycles. The molecule has 0 bridgehead atoms. The Bertz CT molecular complexity index is 738. The first-order valence-corrected chi connectivity index (χ1v) is 11.9. The van der Waals surface area contributed by atoms with Crippen LogP contribution in [0.5, 0.6) is 0 Å². The number of hydrogen-bond donors (Lipinski definition) is 2. The Morgan fingerprint density at radius 1 is 1.24 bits per heavy atom. The molecule has 0 aliphatic rings. The molecule has 0 saturated carbocycles. The van der Waals surface area contributed by atoms with Crippen molar-refractivity contribution >= 4 is 30.7 Å². The Labute approximate surface area is 152 Å². The molecule has 0 atom stereocenters. The summed E-state index contributed by atoms with van der Waals surface area (Å²) in [6, 6.07) is 4.26. The number of nitrogen functional groups attached to an aromatic ring is 1. The van der Waals surface area contributed by atoms with Crippen LogP contribution < -0.4 is 11.1 Å². The van der Waals surface area contributed by atoms with Gasteiger partial charge in [0.1, 0.15) is 11.6 Å². The van der Waals surface area contributed by atoms with Crippen molar-refractivity contribution in [2.45, 2.75) is 65.2 Å². The lowest BCUT2D eigenvalue weighted by Gasteiger charge is -2.36. The molecular formula is C19H32N4OSi. The second kappa shape index (κ2) is 7.29. The molecule has 0 saturated heterocycles. The molecule has 138 valence electrons. The third-order valence-corrected chi connectivity index (χ3v) is 9.38. The van der Waals surface area contributed by atoms with Crippen LogP contribution in [-0.2, 0) is 10.8 Å². The standard InChI is InChI=1S/C19H32N4OSi/c1-13(2)22-18-16-11-17(20)21-12-14(16)10-15(23-18)8-9-24-25(6,7)19(3,4)5/h10-13H,8-9H2,1-7H3,(H2,20,21)(H,22,23). The highest BCUT2D eigenvalue weighted by Gasteiger charge is 2.36. The highest BCUT2D eigenvalue weighted by molar-refractivity contribution is 6.74. The normalized spacial score (nSPS) is 12.8. The molecular weight excluding hydrogens is 328 g/mol. The van der Waals surface area contributed by atoms with E-state index in [1.165, 1.54) is 0 Å². The van der Waals surface area contributed by atoms with Gasteiger partial charge in [0.05, 0.1) is 0 Å². The molecule has 6 heteroatoms. The van der Waals surface area contributed by atoms with Crippen LogP contribution in [0.1, 0.15) is 40.3 Å². The predicted molar refractivity (Wildman–Crippen MR) is 110 cm³/mol. The summed E-state index contributed by atoms with van der Waals surface area (Å²) < 4.78 is 6.29. The number of nitrogens with two attached hydrogens (primary N) is 1. The molecule has 0 aliphatic heterocycles. The summed E-state index contributed by atoms with van der Waals surface area (Å²) in [6.07, 6.45) is 2.61. The average Bonchev–Trinajstić information content (AvgIpc) is 2.46. The molecule has 0 spiro atoms. The first kappa shape index (κ1) is 19.7. The third-order valence-electron chi connectivity index (χ3n) is 4.84. The van der Waals surface area contributed by atoms with Gasteiger partial charge in [0.25, 0.3) is 0 Å². The summed E-state index contributed by atoms with van der Waals surface area (Å²) in [5.74, 6) is 1.37. The number of anilines is 2. The highest BCUT2D eigenvalue weighted by Crippen LogP contribution is 2.36. The van der Waals surface area contributed by atoms with Gasteiger partial charge in [-0.05, 0) is 44.1 Å². The van der Waals surface area contributed by atoms with Gasteiger partial charge in [-0.1, -0.05) is 20.8 Å². The third kappa shape index (κ3) is 4.92. The summed E-state index contributed by atoms with van der Waals surface area (Å²) in [4.78, 5) is 9.02. The van der Waals surface area contributed by atoms with Gasteiger partial charge < -0.3 is 15.5 Å². The minimum Gasteiger partial charge on any atom is -0.416 e. The van der Waals surface area contributed by atoms with Crippen LogP contribution in [0.25, 0.3) is 10.8 Å². The average molecular weight is 361 g/mol. The predicted octanol–water partition coefficient (Wildman–Crippen LogP) is 4.60. The summed E-state index contributed by atoms with van der Waals surface area (Å²) >= 11 is 0. The van der Waals surface area contributed by atoms with Crippen LogP contribution in [0, 0.1) is 0 Å². The first-order chi connectivity index (χ1) is 11.5. The van der Waals surface area contributed by atoms with Crippen molar-refractivity contribution in [1.29, 1.82) is 0 Å². The van der Waals surface area contributed by atoms with E-state index in [2.05, 4.69) is 64.1 Å². The van der Waals surface area contributed by atoms with Gasteiger partial charge >= 0.3 is 0 Å². The highest BCUT2D eigenvalue weighted by atomic mass is 28.4. The smallest absolute Gasteiger partial charge is 0.191 e. The van der Waals surface area contributed by atoms with Crippen LogP contribution in [-0.4, -0.2) is 30.9 Å². The van der Waals surface area contributed by atoms with Gasteiger partial charge in [0.2, 0.25) is 0 Å². The van der Waals surface area contributed by atoms with Crippen LogP contribution in [0.15, 0.2) is 18.3 Å². The second-order valence-electron chi connectivity index (χ2n) is 8.45. The van der Waals surface area contributed by atoms with E-state index >= 15 is 0 Å². The number of pyridine rings is 2. The molecule has 0 unspecified atom stereocenters. The fraction of sp³-hybridized carbons (Fsp3) is 0.579. The molecule has 3 N–H and O–H groups in total. The maximum absolute atomic E-state index is 6.29. The Balaban J connectivity index is 2.23. The van der Waals surface area contributed by atoms with Crippen LogP contribution in [0.3, 0.4) is 0 Å². The van der Waals surface area contributed by atoms with E-state index < -0.39 is 8.32 Å². The van der Waals surface area contributed by atoms with Crippen LogP contribution in [0.2, 0.25) is 18.1 Å². The topological polar surface area (TPSA) is 73.1 Å². The van der Waals surface area contributed by atoms with E-state index in [0.29, 0.717) is 18.5 Å². The van der Waals surface area contributed by atoms with E-state index in [-0.39, 0.29) is 5.04 Å². The lowest BCUT2D eigenvalue weighted by Crippen LogP contribution is -2.41. The summed E-state index contributed by atoms with van der Waals surface area (Å²) in [7, 11) is -1.73. The quantitative estimate of drug-likeness (QED) is 0.737.